The molecule has 1 saturated heterocycles. The Morgan fingerprint density at radius 3 is 2.40 bits per heavy atom. The van der Waals surface area contributed by atoms with Gasteiger partial charge < -0.3 is 19.5 Å². The van der Waals surface area contributed by atoms with Gasteiger partial charge >= 0.3 is 5.97 Å². The zero-order chi connectivity index (χ0) is 24.8. The largest absolute Gasteiger partial charge is 0.492 e. The van der Waals surface area contributed by atoms with Crippen molar-refractivity contribution < 1.29 is 19.0 Å². The van der Waals surface area contributed by atoms with Crippen LogP contribution in [0.15, 0.2) is 29.8 Å². The summed E-state index contributed by atoms with van der Waals surface area (Å²) >= 11 is 7.97. The predicted octanol–water partition coefficient (Wildman–Crippen LogP) is 6.00. The van der Waals surface area contributed by atoms with Crippen molar-refractivity contribution in [3.8, 4) is 11.5 Å². The van der Waals surface area contributed by atoms with Gasteiger partial charge in [0.25, 0.3) is 0 Å². The van der Waals surface area contributed by atoms with E-state index in [-0.39, 0.29) is 12.0 Å². The van der Waals surface area contributed by atoms with Crippen LogP contribution in [0.4, 0.5) is 5.69 Å². The SMILES string of the molecule is CCOC(=O)c1cc2scnc2cc1NC1CCN(Cc2cc(OCC)c(Cl)c(OCC)c2)CC1. The standard InChI is InChI=1S/C26H32ClN3O4S/c1-4-32-22-11-17(12-23(25(22)27)33-5-2)15-30-9-7-18(8-10-30)29-20-14-21-24(35-16-28-21)13-19(20)26(31)34-6-3/h11-14,16,18,29H,4-10,15H2,1-3H3. The minimum absolute atomic E-state index is 0.263. The molecule has 0 saturated carbocycles. The fraction of sp³-hybridized carbons (Fsp3) is 0.462. The van der Waals surface area contributed by atoms with Crippen LogP contribution in [0.2, 0.25) is 5.02 Å². The average molecular weight is 518 g/mol. The number of aromatic nitrogens is 1. The van der Waals surface area contributed by atoms with Crippen molar-refractivity contribution in [3.05, 3.63) is 45.9 Å². The number of rotatable bonds is 10. The number of hydrogen-bond acceptors (Lipinski definition) is 8. The molecule has 1 N–H and O–H groups in total. The van der Waals surface area contributed by atoms with Crippen molar-refractivity contribution in [2.45, 2.75) is 46.2 Å². The lowest BCUT2D eigenvalue weighted by molar-refractivity contribution is 0.0527. The number of anilines is 1. The van der Waals surface area contributed by atoms with Crippen molar-refractivity contribution in [1.82, 2.24) is 9.88 Å². The molecular weight excluding hydrogens is 486 g/mol. The van der Waals surface area contributed by atoms with Gasteiger partial charge in [-0.15, -0.1) is 11.3 Å². The molecule has 0 amide bonds. The predicted molar refractivity (Wildman–Crippen MR) is 141 cm³/mol. The lowest BCUT2D eigenvalue weighted by atomic mass is 10.0. The summed E-state index contributed by atoms with van der Waals surface area (Å²) < 4.78 is 17.7. The van der Waals surface area contributed by atoms with Crippen LogP contribution in [0.25, 0.3) is 10.2 Å². The Morgan fingerprint density at radius 1 is 1.09 bits per heavy atom. The summed E-state index contributed by atoms with van der Waals surface area (Å²) in [4.78, 5) is 19.4. The third-order valence-corrected chi connectivity index (χ3v) is 7.15. The van der Waals surface area contributed by atoms with Crippen LogP contribution in [0.5, 0.6) is 11.5 Å². The first-order valence-electron chi connectivity index (χ1n) is 12.1. The van der Waals surface area contributed by atoms with E-state index in [9.17, 15) is 4.79 Å². The summed E-state index contributed by atoms with van der Waals surface area (Å²) in [7, 11) is 0. The van der Waals surface area contributed by atoms with E-state index < -0.39 is 0 Å². The summed E-state index contributed by atoms with van der Waals surface area (Å²) in [6.45, 7) is 9.81. The highest BCUT2D eigenvalue weighted by atomic mass is 35.5. The molecule has 3 aromatic rings. The van der Waals surface area contributed by atoms with Crippen molar-refractivity contribution >= 4 is 44.8 Å². The van der Waals surface area contributed by atoms with Crippen LogP contribution in [0.1, 0.15) is 49.5 Å². The van der Waals surface area contributed by atoms with Gasteiger partial charge in [-0.1, -0.05) is 11.6 Å². The molecule has 0 unspecified atom stereocenters. The molecule has 188 valence electrons. The Hall–Kier alpha value is -2.55. The number of nitrogens with zero attached hydrogens (tertiary/aromatic N) is 2. The highest BCUT2D eigenvalue weighted by Crippen LogP contribution is 2.36. The van der Waals surface area contributed by atoms with E-state index in [1.807, 2.05) is 45.0 Å². The van der Waals surface area contributed by atoms with Gasteiger partial charge in [-0.05, 0) is 63.4 Å². The maximum Gasteiger partial charge on any atom is 0.340 e. The van der Waals surface area contributed by atoms with E-state index in [0.29, 0.717) is 41.9 Å². The van der Waals surface area contributed by atoms with Gasteiger partial charge in [0.1, 0.15) is 16.5 Å². The molecule has 35 heavy (non-hydrogen) atoms. The molecule has 0 aliphatic carbocycles. The first-order chi connectivity index (χ1) is 17.0. The number of ether oxygens (including phenoxy) is 3. The van der Waals surface area contributed by atoms with E-state index in [4.69, 9.17) is 25.8 Å². The fourth-order valence-corrected chi connectivity index (χ4v) is 5.27. The number of esters is 1. The molecule has 2 aromatic carbocycles. The number of carbonyl (C=O) groups is 1. The number of piperidine rings is 1. The first kappa shape index (κ1) is 25.5. The molecule has 1 aromatic heterocycles. The van der Waals surface area contributed by atoms with Crippen molar-refractivity contribution in [2.24, 2.45) is 0 Å². The van der Waals surface area contributed by atoms with Crippen LogP contribution in [-0.2, 0) is 11.3 Å². The summed E-state index contributed by atoms with van der Waals surface area (Å²) in [5, 5.41) is 4.12. The highest BCUT2D eigenvalue weighted by molar-refractivity contribution is 7.16. The van der Waals surface area contributed by atoms with Gasteiger partial charge in [-0.3, -0.25) is 4.90 Å². The Kier molecular flexibility index (Phi) is 8.70. The first-order valence-corrected chi connectivity index (χ1v) is 13.4. The summed E-state index contributed by atoms with van der Waals surface area (Å²) in [6, 6.07) is 8.12. The maximum absolute atomic E-state index is 12.6. The van der Waals surface area contributed by atoms with Gasteiger partial charge in [0.2, 0.25) is 0 Å². The van der Waals surface area contributed by atoms with Crippen LogP contribution in [0, 0.1) is 0 Å². The maximum atomic E-state index is 12.6. The summed E-state index contributed by atoms with van der Waals surface area (Å²) in [5.74, 6) is 1.02. The molecule has 0 atom stereocenters. The summed E-state index contributed by atoms with van der Waals surface area (Å²) in [5.41, 5.74) is 5.17. The second kappa shape index (κ2) is 11.9. The van der Waals surface area contributed by atoms with Crippen LogP contribution < -0.4 is 14.8 Å². The lowest BCUT2D eigenvalue weighted by Crippen LogP contribution is -2.38. The van der Waals surface area contributed by atoms with Gasteiger partial charge in [0, 0.05) is 25.7 Å². The number of fused-ring (bicyclic) bond motifs is 1. The number of carbonyl (C=O) groups excluding carboxylic acids is 1. The smallest absolute Gasteiger partial charge is 0.340 e. The Balaban J connectivity index is 1.42. The Morgan fingerprint density at radius 2 is 1.77 bits per heavy atom. The monoisotopic (exact) mass is 517 g/mol. The van der Waals surface area contributed by atoms with Crippen LogP contribution in [-0.4, -0.2) is 54.8 Å². The molecule has 7 nitrogen and oxygen atoms in total. The molecule has 0 radical (unpaired) electrons. The van der Waals surface area contributed by atoms with E-state index in [2.05, 4.69) is 15.2 Å². The van der Waals surface area contributed by atoms with Crippen LogP contribution >= 0.6 is 22.9 Å². The Labute approximate surface area is 215 Å². The van der Waals surface area contributed by atoms with E-state index >= 15 is 0 Å². The third-order valence-electron chi connectivity index (χ3n) is 5.98. The number of halogens is 1. The molecule has 0 spiro atoms. The third kappa shape index (κ3) is 6.18. The second-order valence-electron chi connectivity index (χ2n) is 8.41. The second-order valence-corrected chi connectivity index (χ2v) is 9.67. The molecular formula is C26H32ClN3O4S. The number of likely N-dealkylation sites (tertiary alicyclic amines) is 1. The molecule has 2 heterocycles. The Bertz CT molecular complexity index is 1130. The topological polar surface area (TPSA) is 72.9 Å². The van der Waals surface area contributed by atoms with Crippen molar-refractivity contribution in [2.75, 3.05) is 38.2 Å². The van der Waals surface area contributed by atoms with Gasteiger partial charge in [0.15, 0.2) is 0 Å². The lowest BCUT2D eigenvalue weighted by Gasteiger charge is -2.33. The molecule has 4 rings (SSSR count). The number of thiazole rings is 1. The average Bonchev–Trinajstić information content (AvgIpc) is 3.30. The fourth-order valence-electron chi connectivity index (χ4n) is 4.35. The number of hydrogen-bond donors (Lipinski definition) is 1. The van der Waals surface area contributed by atoms with Gasteiger partial charge in [-0.2, -0.15) is 0 Å². The van der Waals surface area contributed by atoms with E-state index in [0.717, 1.165) is 53.9 Å². The normalized spacial score (nSPS) is 14.7. The summed E-state index contributed by atoms with van der Waals surface area (Å²) in [6.07, 6.45) is 1.92. The van der Waals surface area contributed by atoms with Crippen LogP contribution in [0.3, 0.4) is 0 Å². The zero-order valence-electron chi connectivity index (χ0n) is 20.4. The number of benzene rings is 2. The molecule has 1 aliphatic rings. The highest BCUT2D eigenvalue weighted by Gasteiger charge is 2.23. The van der Waals surface area contributed by atoms with Crippen molar-refractivity contribution in [1.29, 1.82) is 0 Å². The van der Waals surface area contributed by atoms with Gasteiger partial charge in [-0.25, -0.2) is 9.78 Å². The molecule has 9 heteroatoms. The minimum Gasteiger partial charge on any atom is -0.492 e. The number of nitrogens with one attached hydrogen (secondary N) is 1. The minimum atomic E-state index is -0.305. The molecule has 1 aliphatic heterocycles. The van der Waals surface area contributed by atoms with E-state index in [1.54, 1.807) is 5.51 Å². The zero-order valence-corrected chi connectivity index (χ0v) is 22.0. The molecule has 1 fully saturated rings. The van der Waals surface area contributed by atoms with Crippen molar-refractivity contribution in [3.63, 3.8) is 0 Å². The van der Waals surface area contributed by atoms with Gasteiger partial charge in [0.05, 0.1) is 46.8 Å². The van der Waals surface area contributed by atoms with E-state index in [1.165, 1.54) is 11.3 Å². The molecule has 0 bridgehead atoms. The quantitative estimate of drug-likeness (QED) is 0.330.